The van der Waals surface area contributed by atoms with E-state index in [1.165, 1.54) is 20.8 Å². The van der Waals surface area contributed by atoms with E-state index in [1.807, 2.05) is 0 Å². The quantitative estimate of drug-likeness (QED) is 0.603. The van der Waals surface area contributed by atoms with Gasteiger partial charge in [-0.15, -0.1) is 0 Å². The topological polar surface area (TPSA) is 35.5 Å². The minimum absolute atomic E-state index is 0.00151. The third-order valence-electron chi connectivity index (χ3n) is 2.23. The van der Waals surface area contributed by atoms with Crippen molar-refractivity contribution in [2.45, 2.75) is 39.0 Å². The Morgan fingerprint density at radius 3 is 2.19 bits per heavy atom. The molecule has 0 aromatic heterocycles. The summed E-state index contributed by atoms with van der Waals surface area (Å²) in [7, 11) is 0. The number of ether oxygens (including phenoxy) is 2. The molecule has 1 rings (SSSR count). The van der Waals surface area contributed by atoms with Crippen molar-refractivity contribution in [2.24, 2.45) is 0 Å². The Hall–Kier alpha value is -1.98. The van der Waals surface area contributed by atoms with E-state index >= 15 is 0 Å². The lowest BCUT2D eigenvalue weighted by molar-refractivity contribution is -0.129. The van der Waals surface area contributed by atoms with Gasteiger partial charge in [-0.05, 0) is 38.8 Å². The maximum Gasteiger partial charge on any atom is 0.514 e. The molecule has 0 unspecified atom stereocenters. The highest BCUT2D eigenvalue weighted by Crippen LogP contribution is 2.28. The van der Waals surface area contributed by atoms with Gasteiger partial charge in [0, 0.05) is 0 Å². The van der Waals surface area contributed by atoms with Gasteiger partial charge in [-0.25, -0.2) is 4.79 Å². The fraction of sp³-hybridized carbons (Fsp3) is 0.400. The Morgan fingerprint density at radius 2 is 1.71 bits per heavy atom. The predicted molar refractivity (Wildman–Crippen MR) is 71.6 cm³/mol. The van der Waals surface area contributed by atoms with E-state index in [-0.39, 0.29) is 6.42 Å². The van der Waals surface area contributed by atoms with Crippen molar-refractivity contribution in [3.8, 4) is 0 Å². The summed E-state index contributed by atoms with van der Waals surface area (Å²) in [5.41, 5.74) is -0.250. The van der Waals surface area contributed by atoms with Crippen LogP contribution in [0, 0.1) is 0 Å². The molecule has 0 saturated carbocycles. The van der Waals surface area contributed by atoms with Gasteiger partial charge in [0.2, 0.25) is 5.76 Å². The maximum absolute atomic E-state index is 12.8. The summed E-state index contributed by atoms with van der Waals surface area (Å²) in [4.78, 5) is 11.3. The molecule has 0 radical (unpaired) electrons. The summed E-state index contributed by atoms with van der Waals surface area (Å²) >= 11 is 0. The van der Waals surface area contributed by atoms with Crippen molar-refractivity contribution >= 4 is 6.16 Å². The van der Waals surface area contributed by atoms with Crippen LogP contribution in [0.2, 0.25) is 0 Å². The molecule has 1 aromatic carbocycles. The van der Waals surface area contributed by atoms with Crippen LogP contribution >= 0.6 is 0 Å². The Bertz CT molecular complexity index is 499. The van der Waals surface area contributed by atoms with E-state index in [4.69, 9.17) is 4.74 Å². The molecule has 3 nitrogen and oxygen atoms in total. The van der Waals surface area contributed by atoms with E-state index < -0.39 is 23.7 Å². The van der Waals surface area contributed by atoms with Gasteiger partial charge in [-0.3, -0.25) is 0 Å². The van der Waals surface area contributed by atoms with Crippen LogP contribution in [-0.4, -0.2) is 17.9 Å². The second kappa shape index (κ2) is 6.65. The fourth-order valence-corrected chi connectivity index (χ4v) is 1.40. The van der Waals surface area contributed by atoms with Crippen LogP contribution in [-0.2, 0) is 15.9 Å². The van der Waals surface area contributed by atoms with Crippen LogP contribution in [0.4, 0.5) is 18.0 Å². The summed E-state index contributed by atoms with van der Waals surface area (Å²) in [5, 5.41) is 0. The Balaban J connectivity index is 2.80. The number of hydrogen-bond acceptors (Lipinski definition) is 3. The molecule has 1 aromatic rings. The Labute approximate surface area is 121 Å². The molecule has 0 spiro atoms. The van der Waals surface area contributed by atoms with Gasteiger partial charge in [0.25, 0.3) is 0 Å². The summed E-state index contributed by atoms with van der Waals surface area (Å²) in [6, 6.07) is 8.54. The van der Waals surface area contributed by atoms with Crippen LogP contribution in [0.3, 0.4) is 0 Å². The lowest BCUT2D eigenvalue weighted by Gasteiger charge is -2.20. The fourth-order valence-electron chi connectivity index (χ4n) is 1.40. The zero-order valence-corrected chi connectivity index (χ0v) is 12.0. The van der Waals surface area contributed by atoms with E-state index in [2.05, 4.69) is 4.74 Å². The van der Waals surface area contributed by atoms with Gasteiger partial charge in [0.1, 0.15) is 5.60 Å². The van der Waals surface area contributed by atoms with Crippen LogP contribution in [0.15, 0.2) is 42.2 Å². The van der Waals surface area contributed by atoms with Gasteiger partial charge in [0.15, 0.2) is 0 Å². The highest BCUT2D eigenvalue weighted by Gasteiger charge is 2.38. The molecular formula is C15H17F3O3. The van der Waals surface area contributed by atoms with Crippen LogP contribution < -0.4 is 0 Å². The molecular weight excluding hydrogens is 285 g/mol. The number of halogens is 3. The molecule has 116 valence electrons. The van der Waals surface area contributed by atoms with E-state index in [0.29, 0.717) is 5.56 Å². The third kappa shape index (κ3) is 6.83. The van der Waals surface area contributed by atoms with Crippen molar-refractivity contribution in [3.05, 3.63) is 47.7 Å². The predicted octanol–water partition coefficient (Wildman–Crippen LogP) is 4.63. The third-order valence-corrected chi connectivity index (χ3v) is 2.23. The summed E-state index contributed by atoms with van der Waals surface area (Å²) in [6.07, 6.45) is -5.32. The van der Waals surface area contributed by atoms with Gasteiger partial charge in [-0.1, -0.05) is 30.3 Å². The number of rotatable bonds is 3. The van der Waals surface area contributed by atoms with Crippen LogP contribution in [0.25, 0.3) is 0 Å². The number of benzene rings is 1. The first-order valence-corrected chi connectivity index (χ1v) is 6.30. The largest absolute Gasteiger partial charge is 0.514 e. The number of hydrogen-bond donors (Lipinski definition) is 0. The molecule has 0 amide bonds. The molecule has 0 atom stereocenters. The molecule has 21 heavy (non-hydrogen) atoms. The number of alkyl halides is 3. The molecule has 0 aliphatic rings. The monoisotopic (exact) mass is 302 g/mol. The van der Waals surface area contributed by atoms with E-state index in [9.17, 15) is 18.0 Å². The van der Waals surface area contributed by atoms with Crippen LogP contribution in [0.1, 0.15) is 26.3 Å². The minimum Gasteiger partial charge on any atom is -0.428 e. The second-order valence-corrected chi connectivity index (χ2v) is 5.32. The zero-order valence-electron chi connectivity index (χ0n) is 12.0. The molecule has 6 heteroatoms. The summed E-state index contributed by atoms with van der Waals surface area (Å²) < 4.78 is 47.4. The first-order chi connectivity index (χ1) is 9.58. The molecule has 0 N–H and O–H groups in total. The van der Waals surface area contributed by atoms with Crippen molar-refractivity contribution in [2.75, 3.05) is 0 Å². The SMILES string of the molecule is CC(C)(C)OC(=O)OC(=CCc1ccccc1)C(F)(F)F. The normalized spacial score (nSPS) is 13.0. The smallest absolute Gasteiger partial charge is 0.428 e. The summed E-state index contributed by atoms with van der Waals surface area (Å²) in [5.74, 6) is -1.37. The summed E-state index contributed by atoms with van der Waals surface area (Å²) in [6.45, 7) is 4.61. The van der Waals surface area contributed by atoms with Gasteiger partial charge < -0.3 is 9.47 Å². The first kappa shape index (κ1) is 17.1. The molecule has 0 aliphatic carbocycles. The highest BCUT2D eigenvalue weighted by atomic mass is 19.4. The van der Waals surface area contributed by atoms with E-state index in [0.717, 1.165) is 6.08 Å². The molecule has 0 fully saturated rings. The van der Waals surface area contributed by atoms with Crippen molar-refractivity contribution in [1.82, 2.24) is 0 Å². The van der Waals surface area contributed by atoms with Gasteiger partial charge in [0.05, 0.1) is 0 Å². The molecule has 0 bridgehead atoms. The maximum atomic E-state index is 12.8. The number of allylic oxidation sites excluding steroid dienone is 2. The Kier molecular flexibility index (Phi) is 5.41. The minimum atomic E-state index is -4.76. The standard InChI is InChI=1S/C15H17F3O3/c1-14(2,3)21-13(19)20-12(15(16,17)18)10-9-11-7-5-4-6-8-11/h4-8,10H,9H2,1-3H3. The van der Waals surface area contributed by atoms with Crippen molar-refractivity contribution < 1.29 is 27.4 Å². The molecule has 0 saturated heterocycles. The number of carbonyl (C=O) groups is 1. The van der Waals surface area contributed by atoms with Crippen molar-refractivity contribution in [3.63, 3.8) is 0 Å². The average Bonchev–Trinajstić information content (AvgIpc) is 2.32. The lowest BCUT2D eigenvalue weighted by Crippen LogP contribution is -2.27. The Morgan fingerprint density at radius 1 is 1.14 bits per heavy atom. The second-order valence-electron chi connectivity index (χ2n) is 5.32. The van der Waals surface area contributed by atoms with Gasteiger partial charge >= 0.3 is 12.3 Å². The zero-order chi connectivity index (χ0) is 16.1. The van der Waals surface area contributed by atoms with Crippen molar-refractivity contribution in [1.29, 1.82) is 0 Å². The molecule has 0 heterocycles. The van der Waals surface area contributed by atoms with E-state index in [1.54, 1.807) is 30.3 Å². The number of carbonyl (C=O) groups excluding carboxylic acids is 1. The first-order valence-electron chi connectivity index (χ1n) is 6.30. The van der Waals surface area contributed by atoms with Crippen LogP contribution in [0.5, 0.6) is 0 Å². The molecule has 0 aliphatic heterocycles. The average molecular weight is 302 g/mol. The lowest BCUT2D eigenvalue weighted by atomic mass is 10.1. The van der Waals surface area contributed by atoms with Gasteiger partial charge in [-0.2, -0.15) is 13.2 Å². The highest BCUT2D eigenvalue weighted by molar-refractivity contribution is 5.62.